The maximum Gasteiger partial charge on any atom is 0.164 e. The third-order valence-corrected chi connectivity index (χ3v) is 9.51. The SMILES string of the molecule is Fc1cc(F)cc(-c2nc(-c3cccc(-c4cnc5c(ccc6cccnc65)c4)c3)nc(-c3cccc(-c4cnc5c(ccc6cccnc65)c4)c3)n2)c1. The Morgan fingerprint density at radius 3 is 1.24 bits per heavy atom. The molecule has 0 amide bonds. The van der Waals surface area contributed by atoms with E-state index in [1.54, 1.807) is 12.4 Å². The molecule has 0 saturated carbocycles. The van der Waals surface area contributed by atoms with Crippen molar-refractivity contribution in [2.45, 2.75) is 0 Å². The van der Waals surface area contributed by atoms with Gasteiger partial charge in [0.2, 0.25) is 0 Å². The first-order chi connectivity index (χ1) is 26.5. The molecule has 0 aliphatic rings. The van der Waals surface area contributed by atoms with Gasteiger partial charge in [0.15, 0.2) is 17.5 Å². The molecule has 0 N–H and O–H groups in total. The van der Waals surface area contributed by atoms with Crippen LogP contribution in [0, 0.1) is 11.6 Å². The van der Waals surface area contributed by atoms with Crippen LogP contribution in [0.15, 0.2) is 152 Å². The van der Waals surface area contributed by atoms with Crippen LogP contribution in [0.3, 0.4) is 0 Å². The van der Waals surface area contributed by atoms with E-state index in [1.165, 1.54) is 12.1 Å². The van der Waals surface area contributed by atoms with Crippen molar-refractivity contribution in [3.63, 3.8) is 0 Å². The summed E-state index contributed by atoms with van der Waals surface area (Å²) < 4.78 is 29.0. The van der Waals surface area contributed by atoms with Crippen molar-refractivity contribution in [1.29, 1.82) is 0 Å². The second kappa shape index (κ2) is 12.7. The van der Waals surface area contributed by atoms with E-state index < -0.39 is 11.6 Å². The van der Waals surface area contributed by atoms with Crippen LogP contribution in [-0.4, -0.2) is 34.9 Å². The number of benzene rings is 5. The van der Waals surface area contributed by atoms with Gasteiger partial charge in [0.25, 0.3) is 0 Å². The zero-order valence-corrected chi connectivity index (χ0v) is 28.3. The molecule has 254 valence electrons. The van der Waals surface area contributed by atoms with Gasteiger partial charge in [-0.2, -0.15) is 0 Å². The Morgan fingerprint density at radius 1 is 0.315 bits per heavy atom. The van der Waals surface area contributed by atoms with Gasteiger partial charge >= 0.3 is 0 Å². The summed E-state index contributed by atoms with van der Waals surface area (Å²) in [6.45, 7) is 0. The van der Waals surface area contributed by atoms with Gasteiger partial charge in [0, 0.05) is 80.2 Å². The largest absolute Gasteiger partial charge is 0.254 e. The third kappa shape index (κ3) is 5.64. The van der Waals surface area contributed by atoms with Crippen molar-refractivity contribution in [1.82, 2.24) is 34.9 Å². The fraction of sp³-hybridized carbons (Fsp3) is 0. The van der Waals surface area contributed by atoms with Gasteiger partial charge in [-0.1, -0.05) is 72.8 Å². The molecule has 7 nitrogen and oxygen atoms in total. The molecule has 0 radical (unpaired) electrons. The lowest BCUT2D eigenvalue weighted by atomic mass is 10.0. The predicted molar refractivity (Wildman–Crippen MR) is 208 cm³/mol. The molecule has 0 unspecified atom stereocenters. The molecule has 54 heavy (non-hydrogen) atoms. The Kier molecular flexibility index (Phi) is 7.36. The van der Waals surface area contributed by atoms with Crippen LogP contribution >= 0.6 is 0 Å². The monoisotopic (exact) mass is 701 g/mol. The number of nitrogens with zero attached hydrogens (tertiary/aromatic N) is 7. The highest BCUT2D eigenvalue weighted by molar-refractivity contribution is 6.04. The van der Waals surface area contributed by atoms with Crippen LogP contribution in [0.5, 0.6) is 0 Å². The summed E-state index contributed by atoms with van der Waals surface area (Å²) in [5.74, 6) is -0.611. The van der Waals surface area contributed by atoms with Gasteiger partial charge in [-0.15, -0.1) is 0 Å². The summed E-state index contributed by atoms with van der Waals surface area (Å²) in [6, 6.07) is 39.1. The first kappa shape index (κ1) is 31.4. The van der Waals surface area contributed by atoms with Crippen LogP contribution < -0.4 is 0 Å². The Hall–Kier alpha value is -7.39. The van der Waals surface area contributed by atoms with E-state index in [1.807, 2.05) is 109 Å². The van der Waals surface area contributed by atoms with Crippen molar-refractivity contribution < 1.29 is 8.78 Å². The van der Waals surface area contributed by atoms with E-state index in [2.05, 4.69) is 22.1 Å². The summed E-state index contributed by atoms with van der Waals surface area (Å²) in [7, 11) is 0. The average Bonchev–Trinajstić information content (AvgIpc) is 3.22. The first-order valence-corrected chi connectivity index (χ1v) is 17.2. The molecule has 0 bridgehead atoms. The van der Waals surface area contributed by atoms with Crippen molar-refractivity contribution in [2.75, 3.05) is 0 Å². The van der Waals surface area contributed by atoms with Gasteiger partial charge < -0.3 is 0 Å². The molecular formula is C45H25F2N7. The fourth-order valence-electron chi connectivity index (χ4n) is 6.91. The fourth-order valence-corrected chi connectivity index (χ4v) is 6.91. The maximum atomic E-state index is 14.5. The van der Waals surface area contributed by atoms with Crippen molar-refractivity contribution >= 4 is 43.6 Å². The van der Waals surface area contributed by atoms with E-state index in [0.717, 1.165) is 71.9 Å². The molecule has 0 spiro atoms. The molecule has 0 saturated heterocycles. The number of hydrogen-bond acceptors (Lipinski definition) is 7. The normalized spacial score (nSPS) is 11.5. The summed E-state index contributed by atoms with van der Waals surface area (Å²) in [5.41, 5.74) is 8.56. The van der Waals surface area contributed by atoms with Crippen LogP contribution in [0.25, 0.3) is 100 Å². The van der Waals surface area contributed by atoms with E-state index in [0.29, 0.717) is 22.8 Å². The van der Waals surface area contributed by atoms with Crippen LogP contribution in [0.4, 0.5) is 8.78 Å². The van der Waals surface area contributed by atoms with Crippen LogP contribution in [-0.2, 0) is 0 Å². The summed E-state index contributed by atoms with van der Waals surface area (Å²) in [4.78, 5) is 33.1. The second-order valence-electron chi connectivity index (χ2n) is 13.0. The molecule has 5 heterocycles. The van der Waals surface area contributed by atoms with Crippen molar-refractivity contribution in [3.8, 4) is 56.4 Å². The minimum absolute atomic E-state index is 0.141. The summed E-state index contributed by atoms with van der Waals surface area (Å²) >= 11 is 0. The standard InChI is InChI=1S/C45H25F2N7/c46-37-21-34(22-38(47)23-37)45-53-43(32-7-1-5-28(17-32)35-19-30-13-11-26-9-3-15-48-39(26)41(30)50-24-35)52-44(54-45)33-8-2-6-29(18-33)36-20-31-14-12-27-10-4-16-49-40(27)42(31)51-25-36/h1-25H. The van der Waals surface area contributed by atoms with Crippen molar-refractivity contribution in [3.05, 3.63) is 164 Å². The quantitative estimate of drug-likeness (QED) is 0.165. The Bertz CT molecular complexity index is 2910. The van der Waals surface area contributed by atoms with E-state index >= 15 is 0 Å². The highest BCUT2D eigenvalue weighted by Gasteiger charge is 2.16. The number of halogens is 2. The lowest BCUT2D eigenvalue weighted by molar-refractivity contribution is 0.584. The number of aromatic nitrogens is 7. The van der Waals surface area contributed by atoms with E-state index in [4.69, 9.17) is 24.9 Å². The molecule has 10 rings (SSSR count). The minimum Gasteiger partial charge on any atom is -0.254 e. The molecule has 0 atom stereocenters. The van der Waals surface area contributed by atoms with Crippen LogP contribution in [0.2, 0.25) is 0 Å². The van der Waals surface area contributed by atoms with E-state index in [9.17, 15) is 8.78 Å². The molecule has 5 aromatic carbocycles. The maximum absolute atomic E-state index is 14.5. The van der Waals surface area contributed by atoms with Gasteiger partial charge in [-0.25, -0.2) is 23.7 Å². The van der Waals surface area contributed by atoms with Crippen LogP contribution in [0.1, 0.15) is 0 Å². The molecule has 0 fully saturated rings. The summed E-state index contributed by atoms with van der Waals surface area (Å²) in [5, 5.41) is 3.98. The van der Waals surface area contributed by atoms with Gasteiger partial charge in [-0.3, -0.25) is 19.9 Å². The molecule has 9 heteroatoms. The third-order valence-electron chi connectivity index (χ3n) is 9.51. The average molecular weight is 702 g/mol. The molecule has 10 aromatic rings. The zero-order valence-electron chi connectivity index (χ0n) is 28.3. The second-order valence-corrected chi connectivity index (χ2v) is 13.0. The highest BCUT2D eigenvalue weighted by atomic mass is 19.1. The highest BCUT2D eigenvalue weighted by Crippen LogP contribution is 2.33. The number of fused-ring (bicyclic) bond motifs is 6. The van der Waals surface area contributed by atoms with E-state index in [-0.39, 0.29) is 11.4 Å². The van der Waals surface area contributed by atoms with Crippen molar-refractivity contribution in [2.24, 2.45) is 0 Å². The molecule has 0 aliphatic carbocycles. The van der Waals surface area contributed by atoms with Gasteiger partial charge in [0.05, 0.1) is 22.1 Å². The number of pyridine rings is 4. The number of rotatable bonds is 5. The zero-order chi connectivity index (χ0) is 36.2. The Morgan fingerprint density at radius 2 is 0.741 bits per heavy atom. The minimum atomic E-state index is -0.726. The van der Waals surface area contributed by atoms with Gasteiger partial charge in [0.1, 0.15) is 11.6 Å². The first-order valence-electron chi connectivity index (χ1n) is 17.2. The topological polar surface area (TPSA) is 90.2 Å². The molecule has 0 aliphatic heterocycles. The number of hydrogen-bond donors (Lipinski definition) is 0. The molecular weight excluding hydrogens is 677 g/mol. The smallest absolute Gasteiger partial charge is 0.164 e. The molecule has 5 aromatic heterocycles. The van der Waals surface area contributed by atoms with Gasteiger partial charge in [-0.05, 0) is 59.7 Å². The summed E-state index contributed by atoms with van der Waals surface area (Å²) in [6.07, 6.45) is 7.21. The Balaban J connectivity index is 1.08. The Labute approximate surface area is 306 Å². The lowest BCUT2D eigenvalue weighted by Crippen LogP contribution is -2.01. The predicted octanol–water partition coefficient (Wildman–Crippen LogP) is 10.7. The lowest BCUT2D eigenvalue weighted by Gasteiger charge is -2.11.